The third kappa shape index (κ3) is 3.03. The largest absolute Gasteiger partial charge is 0.313 e. The van der Waals surface area contributed by atoms with Crippen molar-refractivity contribution < 1.29 is 4.68 Å². The second kappa shape index (κ2) is 7.91. The van der Waals surface area contributed by atoms with Crippen LogP contribution in [0.3, 0.4) is 0 Å². The number of aromatic nitrogens is 3. The summed E-state index contributed by atoms with van der Waals surface area (Å²) in [7, 11) is 0. The Morgan fingerprint density at radius 2 is 0.900 bits per heavy atom. The van der Waals surface area contributed by atoms with Crippen LogP contribution in [0.5, 0.6) is 0 Å². The molecule has 6 aromatic rings. The second-order valence-corrected chi connectivity index (χ2v) is 9.94. The number of benzene rings is 3. The molecule has 0 saturated heterocycles. The molecular weight excluding hydrogens is 494 g/mol. The summed E-state index contributed by atoms with van der Waals surface area (Å²) in [5, 5.41) is 2.19. The van der Waals surface area contributed by atoms with Crippen LogP contribution in [-0.2, 0) is 0 Å². The van der Waals surface area contributed by atoms with Crippen LogP contribution in [0.15, 0.2) is 128 Å². The van der Waals surface area contributed by atoms with Crippen LogP contribution >= 0.6 is 0 Å². The molecule has 4 aliphatic heterocycles. The van der Waals surface area contributed by atoms with Gasteiger partial charge in [0.1, 0.15) is 34.6 Å². The zero-order valence-electron chi connectivity index (χ0n) is 21.3. The smallest absolute Gasteiger partial charge is 0.171 e. The van der Waals surface area contributed by atoms with E-state index < -0.39 is 0 Å². The Kier molecular flexibility index (Phi) is 4.20. The predicted octanol–water partition coefficient (Wildman–Crippen LogP) is 7.52. The standard InChI is InChI=1S/C33H21N7/c1-7-23-19-24(8-1)38-29-13-6-18-36(22-29)40-27-11-2-9-25(20-27)37(23)30-14-4-16-32(34-30)39(26-10-3-12-28(40)21-26)33-17-5-15-31(38)35-33/h1-21H. The molecule has 0 radical (unpaired) electrons. The predicted molar refractivity (Wildman–Crippen MR) is 156 cm³/mol. The summed E-state index contributed by atoms with van der Waals surface area (Å²) in [6.45, 7) is 0. The normalized spacial score (nSPS) is 13.8. The van der Waals surface area contributed by atoms with Crippen LogP contribution in [0.1, 0.15) is 0 Å². The van der Waals surface area contributed by atoms with Gasteiger partial charge in [-0.2, -0.15) is 4.68 Å². The van der Waals surface area contributed by atoms with E-state index >= 15 is 0 Å². The second-order valence-electron chi connectivity index (χ2n) is 9.94. The van der Waals surface area contributed by atoms with Crippen molar-refractivity contribution >= 4 is 63.1 Å². The molecule has 0 atom stereocenters. The van der Waals surface area contributed by atoms with Gasteiger partial charge in [-0.25, -0.2) is 9.97 Å². The molecule has 10 rings (SSSR count). The Morgan fingerprint density at radius 1 is 0.450 bits per heavy atom. The minimum atomic E-state index is 0.777. The van der Waals surface area contributed by atoms with Gasteiger partial charge in [-0.3, -0.25) is 9.80 Å². The molecule has 7 heteroatoms. The summed E-state index contributed by atoms with van der Waals surface area (Å²) in [4.78, 5) is 17.0. The van der Waals surface area contributed by atoms with Crippen LogP contribution in [0, 0.1) is 6.20 Å². The van der Waals surface area contributed by atoms with E-state index in [1.807, 2.05) is 29.1 Å². The lowest BCUT2D eigenvalue weighted by molar-refractivity contribution is -0.679. The van der Waals surface area contributed by atoms with Crippen molar-refractivity contribution in [1.29, 1.82) is 0 Å². The van der Waals surface area contributed by atoms with Crippen molar-refractivity contribution in [2.75, 3.05) is 19.7 Å². The van der Waals surface area contributed by atoms with Crippen molar-refractivity contribution in [3.63, 3.8) is 0 Å². The first-order chi connectivity index (χ1) is 19.8. The molecule has 0 saturated carbocycles. The van der Waals surface area contributed by atoms with Gasteiger partial charge < -0.3 is 4.90 Å². The molecule has 0 fully saturated rings. The summed E-state index contributed by atoms with van der Waals surface area (Å²) < 4.78 is 2.02. The maximum atomic E-state index is 5.25. The minimum absolute atomic E-state index is 0.777. The average Bonchev–Trinajstić information content (AvgIpc) is 2.98. The van der Waals surface area contributed by atoms with Gasteiger partial charge in [0.2, 0.25) is 0 Å². The molecule has 40 heavy (non-hydrogen) atoms. The van der Waals surface area contributed by atoms with E-state index in [-0.39, 0.29) is 0 Å². The molecule has 7 nitrogen and oxygen atoms in total. The highest BCUT2D eigenvalue weighted by Crippen LogP contribution is 2.45. The van der Waals surface area contributed by atoms with Crippen molar-refractivity contribution in [3.05, 3.63) is 134 Å². The van der Waals surface area contributed by atoms with Crippen LogP contribution < -0.4 is 24.4 Å². The lowest BCUT2D eigenvalue weighted by atomic mass is 10.1. The summed E-state index contributed by atoms with van der Waals surface area (Å²) in [5.41, 5.74) is 6.79. The van der Waals surface area contributed by atoms with Crippen LogP contribution in [-0.4, -0.2) is 9.97 Å². The Bertz CT molecular complexity index is 1490. The van der Waals surface area contributed by atoms with Gasteiger partial charge in [0.15, 0.2) is 6.20 Å². The monoisotopic (exact) mass is 515 g/mol. The van der Waals surface area contributed by atoms with Gasteiger partial charge in [0, 0.05) is 22.7 Å². The Labute approximate surface area is 231 Å². The van der Waals surface area contributed by atoms with Gasteiger partial charge in [0.05, 0.1) is 11.9 Å². The summed E-state index contributed by atoms with van der Waals surface area (Å²) in [5.74, 6) is 3.17. The molecule has 0 spiro atoms. The SMILES string of the molecule is [c-]1c2ccc[n+]1N1c3cccc(c3)N3c4cccc(c4)N2c2cccc(n2)N(c2cccc1c2)c1cccc3n1. The third-order valence-corrected chi connectivity index (χ3v) is 7.53. The van der Waals surface area contributed by atoms with Crippen LogP contribution in [0.2, 0.25) is 0 Å². The summed E-state index contributed by atoms with van der Waals surface area (Å²) in [6, 6.07) is 42.0. The van der Waals surface area contributed by atoms with E-state index in [0.29, 0.717) is 0 Å². The number of rotatable bonds is 0. The fourth-order valence-corrected chi connectivity index (χ4v) is 5.86. The van der Waals surface area contributed by atoms with Crippen molar-refractivity contribution in [2.45, 2.75) is 0 Å². The summed E-state index contributed by atoms with van der Waals surface area (Å²) >= 11 is 0. The quantitative estimate of drug-likeness (QED) is 0.154. The van der Waals surface area contributed by atoms with Crippen molar-refractivity contribution in [3.8, 4) is 0 Å². The molecule has 0 unspecified atom stereocenters. The number of hydrogen-bond donors (Lipinski definition) is 0. The van der Waals surface area contributed by atoms with Gasteiger partial charge in [0.25, 0.3) is 0 Å². The molecule has 4 aliphatic rings. The Hall–Kier alpha value is -5.69. The fourth-order valence-electron chi connectivity index (χ4n) is 5.86. The van der Waals surface area contributed by atoms with Gasteiger partial charge in [-0.05, 0) is 78.9 Å². The lowest BCUT2D eigenvalue weighted by Crippen LogP contribution is -2.51. The number of anilines is 11. The van der Waals surface area contributed by atoms with E-state index in [2.05, 4.69) is 129 Å². The Balaban J connectivity index is 1.54. The van der Waals surface area contributed by atoms with Gasteiger partial charge in [-0.15, -0.1) is 17.1 Å². The first-order valence-corrected chi connectivity index (χ1v) is 13.2. The number of pyridine rings is 3. The van der Waals surface area contributed by atoms with Gasteiger partial charge >= 0.3 is 0 Å². The van der Waals surface area contributed by atoms with E-state index in [1.54, 1.807) is 0 Å². The molecule has 3 aromatic heterocycles. The molecule has 7 heterocycles. The van der Waals surface area contributed by atoms with E-state index in [0.717, 1.165) is 63.1 Å². The minimum Gasteiger partial charge on any atom is -0.313 e. The molecule has 0 amide bonds. The maximum absolute atomic E-state index is 5.25. The van der Waals surface area contributed by atoms with Crippen LogP contribution in [0.4, 0.5) is 63.1 Å². The zero-order chi connectivity index (χ0) is 26.2. The fraction of sp³-hybridized carbons (Fsp3) is 0. The third-order valence-electron chi connectivity index (χ3n) is 7.53. The molecule has 16 bridgehead atoms. The molecule has 188 valence electrons. The van der Waals surface area contributed by atoms with Gasteiger partial charge in [-0.1, -0.05) is 30.3 Å². The van der Waals surface area contributed by atoms with Crippen molar-refractivity contribution in [2.24, 2.45) is 0 Å². The number of hydrogen-bond acceptors (Lipinski definition) is 6. The van der Waals surface area contributed by atoms with Crippen molar-refractivity contribution in [1.82, 2.24) is 9.97 Å². The molecule has 0 aliphatic carbocycles. The zero-order valence-corrected chi connectivity index (χ0v) is 21.3. The highest BCUT2D eigenvalue weighted by Gasteiger charge is 2.28. The van der Waals surface area contributed by atoms with Crippen LogP contribution in [0.25, 0.3) is 0 Å². The average molecular weight is 516 g/mol. The maximum Gasteiger partial charge on any atom is 0.171 e. The first-order valence-electron chi connectivity index (χ1n) is 13.2. The van der Waals surface area contributed by atoms with E-state index in [9.17, 15) is 0 Å². The Morgan fingerprint density at radius 3 is 1.52 bits per heavy atom. The topological polar surface area (TPSA) is 42.6 Å². The molecule has 0 N–H and O–H groups in total. The lowest BCUT2D eigenvalue weighted by Gasteiger charge is -2.34. The molecule has 3 aromatic carbocycles. The molecular formula is C33H21N7. The number of nitrogens with zero attached hydrogens (tertiary/aromatic N) is 7. The summed E-state index contributed by atoms with van der Waals surface area (Å²) in [6.07, 6.45) is 5.69. The highest BCUT2D eigenvalue weighted by molar-refractivity contribution is 5.86. The van der Waals surface area contributed by atoms with E-state index in [1.165, 1.54) is 0 Å². The highest BCUT2D eigenvalue weighted by atomic mass is 15.5. The first kappa shape index (κ1) is 21.3. The van der Waals surface area contributed by atoms with E-state index in [4.69, 9.17) is 9.97 Å².